The molecule has 25 heavy (non-hydrogen) atoms. The van der Waals surface area contributed by atoms with E-state index in [0.717, 1.165) is 6.26 Å². The summed E-state index contributed by atoms with van der Waals surface area (Å²) in [5.74, 6) is -1.75. The number of benzene rings is 2. The number of anilines is 1. The van der Waals surface area contributed by atoms with Crippen LogP contribution in [0.25, 0.3) is 0 Å². The molecule has 0 aliphatic carbocycles. The predicted molar refractivity (Wildman–Crippen MR) is 89.2 cm³/mol. The number of carbonyl (C=O) groups excluding carboxylic acids is 2. The van der Waals surface area contributed by atoms with Crippen molar-refractivity contribution in [2.75, 3.05) is 18.2 Å². The third kappa shape index (κ3) is 6.00. The molecule has 1 amide bonds. The Morgan fingerprint density at radius 1 is 1.12 bits per heavy atom. The first-order valence-corrected chi connectivity index (χ1v) is 9.13. The van der Waals surface area contributed by atoms with Crippen molar-refractivity contribution in [1.29, 1.82) is 0 Å². The molecule has 2 aromatic rings. The largest absolute Gasteiger partial charge is 0.455 e. The van der Waals surface area contributed by atoms with Crippen molar-refractivity contribution in [3.63, 3.8) is 0 Å². The highest BCUT2D eigenvalue weighted by Crippen LogP contribution is 2.15. The second-order valence-corrected chi connectivity index (χ2v) is 7.33. The van der Waals surface area contributed by atoms with Crippen molar-refractivity contribution < 1.29 is 27.1 Å². The zero-order valence-electron chi connectivity index (χ0n) is 13.4. The zero-order chi connectivity index (χ0) is 18.4. The summed E-state index contributed by atoms with van der Waals surface area (Å²) in [4.78, 5) is 23.5. The Morgan fingerprint density at radius 3 is 2.52 bits per heavy atom. The van der Waals surface area contributed by atoms with Gasteiger partial charge in [-0.15, -0.1) is 0 Å². The normalized spacial score (nSPS) is 11.0. The molecule has 2 rings (SSSR count). The lowest BCUT2D eigenvalue weighted by molar-refractivity contribution is -0.146. The summed E-state index contributed by atoms with van der Waals surface area (Å²) in [6.45, 7) is -0.531. The molecule has 0 atom stereocenters. The molecular formula is C17H16FNO5S. The molecule has 8 heteroatoms. The molecule has 0 aliphatic rings. The van der Waals surface area contributed by atoms with Gasteiger partial charge in [-0.3, -0.25) is 9.59 Å². The lowest BCUT2D eigenvalue weighted by atomic mass is 10.1. The van der Waals surface area contributed by atoms with Gasteiger partial charge in [0.2, 0.25) is 0 Å². The van der Waals surface area contributed by atoms with Crippen LogP contribution in [0.3, 0.4) is 0 Å². The molecule has 0 aromatic heterocycles. The Balaban J connectivity index is 1.87. The Morgan fingerprint density at radius 2 is 1.84 bits per heavy atom. The third-order valence-corrected chi connectivity index (χ3v) is 4.26. The van der Waals surface area contributed by atoms with Crippen LogP contribution in [0.15, 0.2) is 53.4 Å². The minimum absolute atomic E-state index is 0.0633. The van der Waals surface area contributed by atoms with Gasteiger partial charge < -0.3 is 10.1 Å². The van der Waals surface area contributed by atoms with Gasteiger partial charge >= 0.3 is 5.97 Å². The number of sulfone groups is 1. The van der Waals surface area contributed by atoms with Crippen LogP contribution in [0, 0.1) is 5.82 Å². The van der Waals surface area contributed by atoms with E-state index < -0.39 is 34.1 Å². The average molecular weight is 365 g/mol. The van der Waals surface area contributed by atoms with Crippen molar-refractivity contribution in [2.45, 2.75) is 11.3 Å². The zero-order valence-corrected chi connectivity index (χ0v) is 14.2. The Bertz CT molecular complexity index is 895. The van der Waals surface area contributed by atoms with Gasteiger partial charge in [0.15, 0.2) is 16.4 Å². The maximum absolute atomic E-state index is 13.0. The molecule has 132 valence electrons. The van der Waals surface area contributed by atoms with Crippen molar-refractivity contribution in [2.24, 2.45) is 0 Å². The smallest absolute Gasteiger partial charge is 0.310 e. The summed E-state index contributed by atoms with van der Waals surface area (Å²) in [5, 5.41) is 2.44. The monoisotopic (exact) mass is 365 g/mol. The fourth-order valence-electron chi connectivity index (χ4n) is 2.01. The summed E-state index contributed by atoms with van der Waals surface area (Å²) >= 11 is 0. The number of halogens is 1. The van der Waals surface area contributed by atoms with E-state index in [1.165, 1.54) is 42.5 Å². The van der Waals surface area contributed by atoms with E-state index in [1.807, 2.05) is 0 Å². The van der Waals surface area contributed by atoms with Gasteiger partial charge in [0.25, 0.3) is 5.91 Å². The molecule has 0 saturated heterocycles. The van der Waals surface area contributed by atoms with Crippen molar-refractivity contribution in [1.82, 2.24) is 0 Å². The number of ether oxygens (including phenoxy) is 1. The Kier molecular flexibility index (Phi) is 5.87. The van der Waals surface area contributed by atoms with Crippen molar-refractivity contribution >= 4 is 27.4 Å². The average Bonchev–Trinajstić information content (AvgIpc) is 2.52. The first-order valence-electron chi connectivity index (χ1n) is 7.24. The van der Waals surface area contributed by atoms with Crippen LogP contribution in [0.4, 0.5) is 10.1 Å². The molecule has 0 saturated carbocycles. The van der Waals surface area contributed by atoms with Gasteiger partial charge in [-0.25, -0.2) is 12.8 Å². The second-order valence-electron chi connectivity index (χ2n) is 5.32. The lowest BCUT2D eigenvalue weighted by Crippen LogP contribution is -2.21. The quantitative estimate of drug-likeness (QED) is 0.791. The van der Waals surface area contributed by atoms with Crippen molar-refractivity contribution in [3.05, 3.63) is 59.9 Å². The van der Waals surface area contributed by atoms with E-state index in [2.05, 4.69) is 5.32 Å². The standard InChI is InChI=1S/C17H16FNO5S/c1-25(22,23)15-7-3-6-14(10-15)19-16(20)11-24-17(21)9-12-4-2-5-13(18)8-12/h2-8,10H,9,11H2,1H3,(H,19,20). The molecule has 0 fully saturated rings. The minimum Gasteiger partial charge on any atom is -0.455 e. The van der Waals surface area contributed by atoms with E-state index in [4.69, 9.17) is 4.74 Å². The number of esters is 1. The molecule has 0 spiro atoms. The van der Waals surface area contributed by atoms with Crippen molar-refractivity contribution in [3.8, 4) is 0 Å². The first kappa shape index (κ1) is 18.6. The molecular weight excluding hydrogens is 349 g/mol. The Labute approximate surface area is 144 Å². The summed E-state index contributed by atoms with van der Waals surface area (Å²) in [5.41, 5.74) is 0.709. The highest BCUT2D eigenvalue weighted by atomic mass is 32.2. The van der Waals surface area contributed by atoms with E-state index in [9.17, 15) is 22.4 Å². The van der Waals surface area contributed by atoms with Crippen LogP contribution < -0.4 is 5.32 Å². The first-order chi connectivity index (χ1) is 11.7. The van der Waals surface area contributed by atoms with Gasteiger partial charge in [0.1, 0.15) is 5.82 Å². The summed E-state index contributed by atoms with van der Waals surface area (Å²) in [7, 11) is -3.39. The van der Waals surface area contributed by atoms with E-state index in [1.54, 1.807) is 6.07 Å². The number of hydrogen-bond acceptors (Lipinski definition) is 5. The summed E-state index contributed by atoms with van der Waals surface area (Å²) in [6, 6.07) is 11.2. The fourth-order valence-corrected chi connectivity index (χ4v) is 2.68. The number of hydrogen-bond donors (Lipinski definition) is 1. The van der Waals surface area contributed by atoms with Gasteiger partial charge in [-0.2, -0.15) is 0 Å². The number of rotatable bonds is 6. The van der Waals surface area contributed by atoms with Gasteiger partial charge in [0.05, 0.1) is 11.3 Å². The molecule has 6 nitrogen and oxygen atoms in total. The molecule has 2 aromatic carbocycles. The van der Waals surface area contributed by atoms with E-state index in [-0.39, 0.29) is 17.0 Å². The van der Waals surface area contributed by atoms with Gasteiger partial charge in [-0.05, 0) is 35.9 Å². The van der Waals surface area contributed by atoms with Crippen LogP contribution in [0.2, 0.25) is 0 Å². The SMILES string of the molecule is CS(=O)(=O)c1cccc(NC(=O)COC(=O)Cc2cccc(F)c2)c1. The Hall–Kier alpha value is -2.74. The second kappa shape index (κ2) is 7.89. The molecule has 0 heterocycles. The number of amides is 1. The third-order valence-electron chi connectivity index (χ3n) is 3.15. The van der Waals surface area contributed by atoms with Crippen LogP contribution in [0.5, 0.6) is 0 Å². The molecule has 0 radical (unpaired) electrons. The van der Waals surface area contributed by atoms with Crippen LogP contribution in [-0.2, 0) is 30.6 Å². The molecule has 0 aliphatic heterocycles. The highest BCUT2D eigenvalue weighted by molar-refractivity contribution is 7.90. The summed E-state index contributed by atoms with van der Waals surface area (Å²) < 4.78 is 40.8. The minimum atomic E-state index is -3.39. The summed E-state index contributed by atoms with van der Waals surface area (Å²) in [6.07, 6.45) is 0.900. The lowest BCUT2D eigenvalue weighted by Gasteiger charge is -2.08. The maximum atomic E-state index is 13.0. The van der Waals surface area contributed by atoms with Crippen LogP contribution in [-0.4, -0.2) is 33.2 Å². The van der Waals surface area contributed by atoms with Gasteiger partial charge in [0, 0.05) is 11.9 Å². The topological polar surface area (TPSA) is 89.5 Å². The molecule has 0 unspecified atom stereocenters. The van der Waals surface area contributed by atoms with Crippen LogP contribution in [0.1, 0.15) is 5.56 Å². The predicted octanol–water partition coefficient (Wildman–Crippen LogP) is 1.95. The molecule has 1 N–H and O–H groups in total. The van der Waals surface area contributed by atoms with Crippen LogP contribution >= 0.6 is 0 Å². The maximum Gasteiger partial charge on any atom is 0.310 e. The molecule has 0 bridgehead atoms. The highest BCUT2D eigenvalue weighted by Gasteiger charge is 2.11. The van der Waals surface area contributed by atoms with E-state index >= 15 is 0 Å². The van der Waals surface area contributed by atoms with Gasteiger partial charge in [-0.1, -0.05) is 18.2 Å². The fraction of sp³-hybridized carbons (Fsp3) is 0.176. The number of carbonyl (C=O) groups is 2. The van der Waals surface area contributed by atoms with E-state index in [0.29, 0.717) is 5.56 Å². The number of nitrogens with one attached hydrogen (secondary N) is 1.